The third-order valence-corrected chi connectivity index (χ3v) is 5.86. The summed E-state index contributed by atoms with van der Waals surface area (Å²) in [5.41, 5.74) is 4.76. The number of rotatable bonds is 8. The first-order chi connectivity index (χ1) is 16.8. The number of hydrogen-bond donors (Lipinski definition) is 1. The van der Waals surface area contributed by atoms with E-state index in [-0.39, 0.29) is 19.1 Å². The van der Waals surface area contributed by atoms with Gasteiger partial charge in [-0.25, -0.2) is 9.59 Å². The number of hydrogen-bond acceptors (Lipinski definition) is 4. The zero-order valence-electron chi connectivity index (χ0n) is 18.8. The molecule has 1 amide bonds. The number of nitrogens with one attached hydrogen (secondary N) is 1. The lowest BCUT2D eigenvalue weighted by Crippen LogP contribution is -2.43. The molecular formula is C27H24F3NO4. The van der Waals surface area contributed by atoms with Gasteiger partial charge in [-0.1, -0.05) is 78.9 Å². The van der Waals surface area contributed by atoms with Gasteiger partial charge in [0.1, 0.15) is 19.3 Å². The number of fused-ring (bicyclic) bond motifs is 3. The molecule has 182 valence electrons. The predicted molar refractivity (Wildman–Crippen MR) is 124 cm³/mol. The summed E-state index contributed by atoms with van der Waals surface area (Å²) in [7, 11) is 0. The quantitative estimate of drug-likeness (QED) is 0.401. The van der Waals surface area contributed by atoms with Crippen molar-refractivity contribution in [3.8, 4) is 11.1 Å². The first kappa shape index (κ1) is 24.3. The average molecular weight is 483 g/mol. The largest absolute Gasteiger partial charge is 0.459 e. The Morgan fingerprint density at radius 1 is 0.829 bits per heavy atom. The molecule has 0 unspecified atom stereocenters. The van der Waals surface area contributed by atoms with Crippen LogP contribution >= 0.6 is 0 Å². The molecule has 1 N–H and O–H groups in total. The number of esters is 1. The second-order valence-electron chi connectivity index (χ2n) is 8.27. The Balaban J connectivity index is 1.40. The smallest absolute Gasteiger partial charge is 0.407 e. The van der Waals surface area contributed by atoms with Crippen LogP contribution in [0.25, 0.3) is 11.1 Å². The van der Waals surface area contributed by atoms with Crippen molar-refractivity contribution in [2.45, 2.75) is 37.6 Å². The predicted octanol–water partition coefficient (Wildman–Crippen LogP) is 5.98. The lowest BCUT2D eigenvalue weighted by Gasteiger charge is -2.20. The van der Waals surface area contributed by atoms with Gasteiger partial charge >= 0.3 is 18.2 Å². The van der Waals surface area contributed by atoms with E-state index in [0.29, 0.717) is 5.56 Å². The zero-order chi connectivity index (χ0) is 24.8. The van der Waals surface area contributed by atoms with Crippen molar-refractivity contribution < 1.29 is 32.2 Å². The van der Waals surface area contributed by atoms with Crippen molar-refractivity contribution in [2.75, 3.05) is 6.61 Å². The molecule has 0 bridgehead atoms. The fourth-order valence-electron chi connectivity index (χ4n) is 4.17. The highest BCUT2D eigenvalue weighted by molar-refractivity contribution is 5.82. The van der Waals surface area contributed by atoms with Gasteiger partial charge in [0.05, 0.1) is 0 Å². The molecule has 1 aliphatic carbocycles. The van der Waals surface area contributed by atoms with E-state index in [1.165, 1.54) is 0 Å². The molecular weight excluding hydrogens is 459 g/mol. The van der Waals surface area contributed by atoms with Gasteiger partial charge in [-0.2, -0.15) is 13.2 Å². The highest BCUT2D eigenvalue weighted by Gasteiger charge is 2.33. The Labute approximate surface area is 200 Å². The van der Waals surface area contributed by atoms with Crippen LogP contribution in [-0.4, -0.2) is 30.9 Å². The SMILES string of the molecule is O=C(N[C@@H](CCC(F)(F)F)C(=O)OCc1ccccc1)OCC1c2ccccc2-c2ccccc21. The maximum Gasteiger partial charge on any atom is 0.407 e. The minimum Gasteiger partial charge on any atom is -0.459 e. The van der Waals surface area contributed by atoms with Gasteiger partial charge in [-0.15, -0.1) is 0 Å². The summed E-state index contributed by atoms with van der Waals surface area (Å²) in [6.07, 6.45) is -7.36. The Morgan fingerprint density at radius 2 is 1.40 bits per heavy atom. The van der Waals surface area contributed by atoms with Crippen LogP contribution in [0.3, 0.4) is 0 Å². The molecule has 8 heteroatoms. The number of carbonyl (C=O) groups excluding carboxylic acids is 2. The van der Waals surface area contributed by atoms with Gasteiger partial charge in [0, 0.05) is 12.3 Å². The first-order valence-corrected chi connectivity index (χ1v) is 11.2. The summed E-state index contributed by atoms with van der Waals surface area (Å²) in [6, 6.07) is 22.8. The van der Waals surface area contributed by atoms with Crippen molar-refractivity contribution in [2.24, 2.45) is 0 Å². The fourth-order valence-corrected chi connectivity index (χ4v) is 4.17. The molecule has 0 aliphatic heterocycles. The van der Waals surface area contributed by atoms with Crippen molar-refractivity contribution in [1.82, 2.24) is 5.32 Å². The molecule has 0 heterocycles. The van der Waals surface area contributed by atoms with Crippen LogP contribution in [0.2, 0.25) is 0 Å². The normalized spacial score (nSPS) is 13.5. The Bertz CT molecular complexity index is 1130. The highest BCUT2D eigenvalue weighted by Crippen LogP contribution is 2.44. The third kappa shape index (κ3) is 6.20. The van der Waals surface area contributed by atoms with E-state index in [1.807, 2.05) is 48.5 Å². The van der Waals surface area contributed by atoms with E-state index in [1.54, 1.807) is 30.3 Å². The van der Waals surface area contributed by atoms with Gasteiger partial charge in [0.15, 0.2) is 0 Å². The standard InChI is InChI=1S/C27H24F3NO4/c28-27(29,30)15-14-24(25(32)34-16-18-8-2-1-3-9-18)31-26(33)35-17-23-21-12-6-4-10-19(21)20-11-5-7-13-22(20)23/h1-13,23-24H,14-17H2,(H,31,33)/t24-/m0/s1. The van der Waals surface area contributed by atoms with Crippen LogP contribution in [0.15, 0.2) is 78.9 Å². The van der Waals surface area contributed by atoms with E-state index in [2.05, 4.69) is 5.32 Å². The average Bonchev–Trinajstić information content (AvgIpc) is 3.17. The van der Waals surface area contributed by atoms with E-state index >= 15 is 0 Å². The topological polar surface area (TPSA) is 64.6 Å². The second kappa shape index (κ2) is 10.6. The summed E-state index contributed by atoms with van der Waals surface area (Å²) >= 11 is 0. The van der Waals surface area contributed by atoms with Crippen LogP contribution in [0, 0.1) is 0 Å². The van der Waals surface area contributed by atoms with Crippen molar-refractivity contribution in [3.05, 3.63) is 95.6 Å². The van der Waals surface area contributed by atoms with Crippen LogP contribution in [0.5, 0.6) is 0 Å². The van der Waals surface area contributed by atoms with Gasteiger partial charge in [-0.05, 0) is 34.2 Å². The molecule has 0 saturated carbocycles. The van der Waals surface area contributed by atoms with Crippen LogP contribution in [0.1, 0.15) is 35.4 Å². The Morgan fingerprint density at radius 3 is 2.00 bits per heavy atom. The number of alkyl carbamates (subject to hydrolysis) is 1. The Hall–Kier alpha value is -3.81. The van der Waals surface area contributed by atoms with Gasteiger partial charge < -0.3 is 14.8 Å². The minimum absolute atomic E-state index is 0.0229. The summed E-state index contributed by atoms with van der Waals surface area (Å²) in [5, 5.41) is 2.26. The van der Waals surface area contributed by atoms with Crippen LogP contribution < -0.4 is 5.32 Å². The summed E-state index contributed by atoms with van der Waals surface area (Å²) in [6.45, 7) is -0.139. The van der Waals surface area contributed by atoms with E-state index in [9.17, 15) is 22.8 Å². The molecule has 0 saturated heterocycles. The molecule has 0 radical (unpaired) electrons. The van der Waals surface area contributed by atoms with Crippen molar-refractivity contribution in [1.29, 1.82) is 0 Å². The van der Waals surface area contributed by atoms with Crippen LogP contribution in [-0.2, 0) is 20.9 Å². The number of carbonyl (C=O) groups is 2. The maximum absolute atomic E-state index is 12.8. The zero-order valence-corrected chi connectivity index (χ0v) is 18.8. The van der Waals surface area contributed by atoms with Crippen molar-refractivity contribution >= 4 is 12.1 Å². The number of benzene rings is 3. The van der Waals surface area contributed by atoms with Crippen molar-refractivity contribution in [3.63, 3.8) is 0 Å². The number of alkyl halides is 3. The maximum atomic E-state index is 12.8. The molecule has 1 atom stereocenters. The number of ether oxygens (including phenoxy) is 2. The lowest BCUT2D eigenvalue weighted by atomic mass is 9.98. The van der Waals surface area contributed by atoms with Gasteiger partial charge in [0.25, 0.3) is 0 Å². The molecule has 3 aromatic rings. The van der Waals surface area contributed by atoms with Crippen LogP contribution in [0.4, 0.5) is 18.0 Å². The summed E-state index contributed by atoms with van der Waals surface area (Å²) < 4.78 is 48.9. The molecule has 4 rings (SSSR count). The molecule has 0 fully saturated rings. The number of halogens is 3. The Kier molecular flexibility index (Phi) is 7.39. The molecule has 35 heavy (non-hydrogen) atoms. The minimum atomic E-state index is -4.49. The first-order valence-electron chi connectivity index (χ1n) is 11.2. The monoisotopic (exact) mass is 483 g/mol. The third-order valence-electron chi connectivity index (χ3n) is 5.86. The fraction of sp³-hybridized carbons (Fsp3) is 0.259. The molecule has 3 aromatic carbocycles. The molecule has 5 nitrogen and oxygen atoms in total. The lowest BCUT2D eigenvalue weighted by molar-refractivity contribution is -0.151. The summed E-state index contributed by atoms with van der Waals surface area (Å²) in [4.78, 5) is 25.0. The molecule has 1 aliphatic rings. The van der Waals surface area contributed by atoms with Gasteiger partial charge in [-0.3, -0.25) is 0 Å². The van der Waals surface area contributed by atoms with E-state index in [4.69, 9.17) is 9.47 Å². The number of amides is 1. The van der Waals surface area contributed by atoms with E-state index in [0.717, 1.165) is 22.3 Å². The molecule has 0 aromatic heterocycles. The van der Waals surface area contributed by atoms with Gasteiger partial charge in [0.2, 0.25) is 0 Å². The summed E-state index contributed by atoms with van der Waals surface area (Å²) in [5.74, 6) is -1.17. The second-order valence-corrected chi connectivity index (χ2v) is 8.27. The van der Waals surface area contributed by atoms with E-state index < -0.39 is 37.1 Å². The molecule has 0 spiro atoms. The highest BCUT2D eigenvalue weighted by atomic mass is 19.4.